The van der Waals surface area contributed by atoms with E-state index in [1.165, 1.54) is 14.2 Å². The third-order valence-electron chi connectivity index (χ3n) is 5.66. The number of nitrogens with zero attached hydrogens (tertiary/aromatic N) is 4. The fraction of sp³-hybridized carbons (Fsp3) is 0.708. The number of methoxy groups -OCH3 is 1. The summed E-state index contributed by atoms with van der Waals surface area (Å²) in [5, 5.41) is 0. The number of anilines is 1. The van der Waals surface area contributed by atoms with Gasteiger partial charge in [-0.1, -0.05) is 0 Å². The average Bonchev–Trinajstić information content (AvgIpc) is 3.52. The Balaban J connectivity index is 1.67. The molecule has 1 aliphatic heterocycles. The van der Waals surface area contributed by atoms with Crippen molar-refractivity contribution in [3.05, 3.63) is 6.33 Å². The molecule has 0 amide bonds. The van der Waals surface area contributed by atoms with Crippen LogP contribution >= 0.6 is 8.17 Å². The second-order valence-corrected chi connectivity index (χ2v) is 13.0. The first-order valence-corrected chi connectivity index (χ1v) is 14.1. The monoisotopic (exact) mass is 588 g/mol. The third-order valence-corrected chi connectivity index (χ3v) is 7.42. The summed E-state index contributed by atoms with van der Waals surface area (Å²) in [6.07, 6.45) is 2.03. The number of aromatic nitrogens is 4. The lowest BCUT2D eigenvalue weighted by atomic mass is 9.98. The Morgan fingerprint density at radius 2 is 1.60 bits per heavy atom. The molecule has 1 fully saturated rings. The largest absolute Gasteiger partial charge is 0.582 e. The summed E-state index contributed by atoms with van der Waals surface area (Å²) in [4.78, 5) is 37.0. The van der Waals surface area contributed by atoms with Crippen molar-refractivity contribution in [2.45, 2.75) is 66.7 Å². The van der Waals surface area contributed by atoms with Gasteiger partial charge >= 0.3 is 20.1 Å². The molecular weight excluding hydrogens is 549 g/mol. The minimum Gasteiger partial charge on any atom is -0.479 e. The second-order valence-electron chi connectivity index (χ2n) is 11.0. The fourth-order valence-corrected chi connectivity index (χ4v) is 4.69. The van der Waals surface area contributed by atoms with Gasteiger partial charge in [-0.2, -0.15) is 19.0 Å². The number of nitrogens with two attached hydrogens (primary N) is 1. The van der Waals surface area contributed by atoms with Gasteiger partial charge in [0, 0.05) is 0 Å². The van der Waals surface area contributed by atoms with Gasteiger partial charge in [-0.15, -0.1) is 9.05 Å². The standard InChI is InChI=1S/C24H39N5O10P/c1-23(2,3)20(30)34-13-37-40(33-8,38-14-35-21(31)24(4,5)6)36-11-15-9-10-16(39-15)29-12-26-17-18(29)27-22(25)28-19(17)32-7/h12,15-16H,9-11,13-14H2,1-8H3,(H2,25,27,28)/q+1. The minimum absolute atomic E-state index is 0.00558. The van der Waals surface area contributed by atoms with Crippen LogP contribution in [-0.4, -0.2) is 72.0 Å². The lowest BCUT2D eigenvalue weighted by Gasteiger charge is -2.22. The SMILES string of the molecule is COc1nc(N)nc2c1ncn2C1CCC(CO[P+](OC)(OCOC(=O)C(C)(C)C)OCOC(=O)C(C)(C)C)O1. The third kappa shape index (κ3) is 7.95. The Labute approximate surface area is 233 Å². The number of imidazole rings is 1. The highest BCUT2D eigenvalue weighted by molar-refractivity contribution is 7.56. The average molecular weight is 589 g/mol. The first-order valence-electron chi connectivity index (χ1n) is 12.6. The van der Waals surface area contributed by atoms with Crippen LogP contribution < -0.4 is 10.5 Å². The number of ether oxygens (including phenoxy) is 4. The second kappa shape index (κ2) is 12.9. The maximum absolute atomic E-state index is 12.2. The maximum Gasteiger partial charge on any atom is 0.582 e. The molecule has 3 rings (SSSR count). The van der Waals surface area contributed by atoms with E-state index in [9.17, 15) is 9.59 Å². The molecule has 0 spiro atoms. The predicted octanol–water partition coefficient (Wildman–Crippen LogP) is 3.56. The number of hydrogen-bond donors (Lipinski definition) is 1. The molecule has 16 heteroatoms. The van der Waals surface area contributed by atoms with Crippen LogP contribution in [0, 0.1) is 10.8 Å². The zero-order valence-electron chi connectivity index (χ0n) is 24.2. The molecule has 0 aliphatic carbocycles. The number of nitrogen functional groups attached to an aromatic ring is 1. The molecule has 3 heterocycles. The van der Waals surface area contributed by atoms with Gasteiger partial charge in [-0.25, -0.2) is 4.98 Å². The van der Waals surface area contributed by atoms with E-state index in [4.69, 9.17) is 42.8 Å². The van der Waals surface area contributed by atoms with Crippen LogP contribution in [0.25, 0.3) is 11.2 Å². The molecule has 2 N–H and O–H groups in total. The number of rotatable bonds is 12. The molecule has 0 aromatic carbocycles. The van der Waals surface area contributed by atoms with Crippen molar-refractivity contribution in [2.24, 2.45) is 10.8 Å². The van der Waals surface area contributed by atoms with E-state index in [2.05, 4.69) is 15.0 Å². The molecule has 2 unspecified atom stereocenters. The molecule has 15 nitrogen and oxygen atoms in total. The van der Waals surface area contributed by atoms with Crippen molar-refractivity contribution in [3.8, 4) is 5.88 Å². The van der Waals surface area contributed by atoms with Gasteiger partial charge in [0.1, 0.15) is 12.8 Å². The van der Waals surface area contributed by atoms with E-state index < -0.39 is 50.8 Å². The molecule has 224 valence electrons. The topological polar surface area (TPSA) is 178 Å². The van der Waals surface area contributed by atoms with Gasteiger partial charge in [0.05, 0.1) is 37.5 Å². The first kappa shape index (κ1) is 31.8. The van der Waals surface area contributed by atoms with Gasteiger partial charge in [-0.3, -0.25) is 14.2 Å². The molecular formula is C24H39N5O10P+. The quantitative estimate of drug-likeness (QED) is 0.216. The van der Waals surface area contributed by atoms with Gasteiger partial charge in [0.15, 0.2) is 11.2 Å². The van der Waals surface area contributed by atoms with E-state index >= 15 is 0 Å². The van der Waals surface area contributed by atoms with E-state index in [0.29, 0.717) is 24.0 Å². The summed E-state index contributed by atoms with van der Waals surface area (Å²) in [6.45, 7) is 9.27. The van der Waals surface area contributed by atoms with Crippen LogP contribution in [0.2, 0.25) is 0 Å². The van der Waals surface area contributed by atoms with Crippen LogP contribution in [0.15, 0.2) is 6.33 Å². The van der Waals surface area contributed by atoms with Gasteiger partial charge in [-0.05, 0) is 54.4 Å². The summed E-state index contributed by atoms with van der Waals surface area (Å²) in [5.41, 5.74) is 5.27. The molecule has 0 saturated carbocycles. The smallest absolute Gasteiger partial charge is 0.479 e. The Morgan fingerprint density at radius 1 is 1.00 bits per heavy atom. The number of fused-ring (bicyclic) bond motifs is 1. The zero-order valence-corrected chi connectivity index (χ0v) is 25.1. The molecule has 2 aromatic rings. The Bertz CT molecular complexity index is 1150. The van der Waals surface area contributed by atoms with Crippen LogP contribution in [0.3, 0.4) is 0 Å². The van der Waals surface area contributed by atoms with Crippen molar-refractivity contribution in [2.75, 3.05) is 40.1 Å². The highest BCUT2D eigenvalue weighted by Crippen LogP contribution is 2.63. The molecule has 1 saturated heterocycles. The van der Waals surface area contributed by atoms with E-state index in [1.807, 2.05) is 0 Å². The first-order chi connectivity index (χ1) is 18.7. The Kier molecular flexibility index (Phi) is 10.3. The van der Waals surface area contributed by atoms with Gasteiger partial charge in [0.25, 0.3) is 0 Å². The van der Waals surface area contributed by atoms with E-state index in [0.717, 1.165) is 0 Å². The fourth-order valence-electron chi connectivity index (χ4n) is 3.44. The van der Waals surface area contributed by atoms with Crippen molar-refractivity contribution >= 4 is 37.2 Å². The zero-order chi connectivity index (χ0) is 29.7. The Hall–Kier alpha value is -2.68. The van der Waals surface area contributed by atoms with Crippen LogP contribution in [0.5, 0.6) is 5.88 Å². The molecule has 0 bridgehead atoms. The van der Waals surface area contributed by atoms with Crippen LogP contribution in [-0.2, 0) is 41.9 Å². The lowest BCUT2D eigenvalue weighted by Crippen LogP contribution is -2.26. The van der Waals surface area contributed by atoms with Crippen molar-refractivity contribution in [1.29, 1.82) is 0 Å². The van der Waals surface area contributed by atoms with Gasteiger partial charge in [0.2, 0.25) is 25.4 Å². The molecule has 1 aliphatic rings. The summed E-state index contributed by atoms with van der Waals surface area (Å²) in [6, 6.07) is 0. The minimum atomic E-state index is -3.59. The Morgan fingerprint density at radius 3 is 2.12 bits per heavy atom. The van der Waals surface area contributed by atoms with E-state index in [-0.39, 0.29) is 24.5 Å². The number of esters is 2. The highest BCUT2D eigenvalue weighted by Gasteiger charge is 2.51. The number of carbonyl (C=O) groups excluding carboxylic acids is 2. The molecule has 2 atom stereocenters. The number of carbonyl (C=O) groups is 2. The van der Waals surface area contributed by atoms with Gasteiger partial charge < -0.3 is 24.7 Å². The maximum atomic E-state index is 12.2. The normalized spacial score (nSPS) is 18.2. The predicted molar refractivity (Wildman–Crippen MR) is 142 cm³/mol. The highest BCUT2D eigenvalue weighted by atomic mass is 31.2. The summed E-state index contributed by atoms with van der Waals surface area (Å²) < 4.78 is 46.3. The number of hydrogen-bond acceptors (Lipinski definition) is 14. The van der Waals surface area contributed by atoms with Crippen LogP contribution in [0.1, 0.15) is 60.6 Å². The molecule has 2 aromatic heterocycles. The summed E-state index contributed by atoms with van der Waals surface area (Å²) in [7, 11) is -0.797. The van der Waals surface area contributed by atoms with Crippen molar-refractivity contribution in [3.63, 3.8) is 0 Å². The molecule has 40 heavy (non-hydrogen) atoms. The van der Waals surface area contributed by atoms with Crippen LogP contribution in [0.4, 0.5) is 5.95 Å². The van der Waals surface area contributed by atoms with E-state index in [1.54, 1.807) is 52.4 Å². The summed E-state index contributed by atoms with van der Waals surface area (Å²) in [5.74, 6) is -0.664. The summed E-state index contributed by atoms with van der Waals surface area (Å²) >= 11 is 0. The lowest BCUT2D eigenvalue weighted by molar-refractivity contribution is -0.165. The van der Waals surface area contributed by atoms with Crippen molar-refractivity contribution in [1.82, 2.24) is 19.5 Å². The van der Waals surface area contributed by atoms with Crippen molar-refractivity contribution < 1.29 is 46.6 Å². The molecule has 0 radical (unpaired) electrons.